The highest BCUT2D eigenvalue weighted by Crippen LogP contribution is 2.40. The number of carbonyl (C=O) groups excluding carboxylic acids is 1. The molecule has 0 fully saturated rings. The Morgan fingerprint density at radius 1 is 1.03 bits per heavy atom. The molecule has 0 radical (unpaired) electrons. The van der Waals surface area contributed by atoms with Gasteiger partial charge in [-0.2, -0.15) is 0 Å². The monoisotopic (exact) mass is 509 g/mol. The van der Waals surface area contributed by atoms with Gasteiger partial charge in [-0.1, -0.05) is 54.4 Å². The van der Waals surface area contributed by atoms with Crippen LogP contribution in [0.2, 0.25) is 0 Å². The first kappa shape index (κ1) is 27.5. The van der Waals surface area contributed by atoms with E-state index in [2.05, 4.69) is 5.32 Å². The molecule has 0 aliphatic rings. The van der Waals surface area contributed by atoms with Gasteiger partial charge in [0.15, 0.2) is 0 Å². The minimum absolute atomic E-state index is 0.0488. The molecule has 0 unspecified atom stereocenters. The SMILES string of the molecule is CCCOCc1cc(OC)c(-c2ccc(C[C@H](NC(=O)C(C)=C(Cl)Cl)C(=O)O)cc2)c(OC)c1. The van der Waals surface area contributed by atoms with E-state index in [-0.39, 0.29) is 16.5 Å². The van der Waals surface area contributed by atoms with Gasteiger partial charge in [-0.25, -0.2) is 4.79 Å². The largest absolute Gasteiger partial charge is 0.496 e. The summed E-state index contributed by atoms with van der Waals surface area (Å²) < 4.78 is 16.7. The Hall–Kier alpha value is -2.74. The van der Waals surface area contributed by atoms with Crippen LogP contribution in [0.4, 0.5) is 0 Å². The maximum Gasteiger partial charge on any atom is 0.326 e. The second kappa shape index (κ2) is 13.2. The van der Waals surface area contributed by atoms with Gasteiger partial charge < -0.3 is 24.6 Å². The fourth-order valence-electron chi connectivity index (χ4n) is 3.26. The number of benzene rings is 2. The van der Waals surface area contributed by atoms with E-state index >= 15 is 0 Å². The molecule has 2 rings (SSSR count). The van der Waals surface area contributed by atoms with Crippen LogP contribution in [0, 0.1) is 0 Å². The van der Waals surface area contributed by atoms with E-state index in [1.807, 2.05) is 31.2 Å². The Labute approximate surface area is 209 Å². The van der Waals surface area contributed by atoms with E-state index in [0.717, 1.165) is 28.7 Å². The van der Waals surface area contributed by atoms with Crippen molar-refractivity contribution in [2.24, 2.45) is 0 Å². The molecule has 0 aliphatic heterocycles. The average Bonchev–Trinajstić information content (AvgIpc) is 2.82. The van der Waals surface area contributed by atoms with E-state index in [9.17, 15) is 14.7 Å². The van der Waals surface area contributed by atoms with E-state index in [4.69, 9.17) is 37.4 Å². The average molecular weight is 510 g/mol. The first-order valence-electron chi connectivity index (χ1n) is 10.7. The molecule has 1 atom stereocenters. The van der Waals surface area contributed by atoms with Crippen molar-refractivity contribution in [2.75, 3.05) is 20.8 Å². The first-order chi connectivity index (χ1) is 16.2. The summed E-state index contributed by atoms with van der Waals surface area (Å²) in [6.07, 6.45) is 1.01. The van der Waals surface area contributed by atoms with E-state index in [1.165, 1.54) is 6.92 Å². The van der Waals surface area contributed by atoms with Crippen molar-refractivity contribution in [1.29, 1.82) is 0 Å². The summed E-state index contributed by atoms with van der Waals surface area (Å²) in [5.74, 6) is -0.530. The van der Waals surface area contributed by atoms with Crippen LogP contribution in [0.3, 0.4) is 0 Å². The maximum atomic E-state index is 12.1. The van der Waals surface area contributed by atoms with Crippen molar-refractivity contribution in [3.63, 3.8) is 0 Å². The molecule has 34 heavy (non-hydrogen) atoms. The normalized spacial score (nSPS) is 11.5. The van der Waals surface area contributed by atoms with Crippen LogP contribution in [0.5, 0.6) is 11.5 Å². The van der Waals surface area contributed by atoms with E-state index < -0.39 is 17.9 Å². The van der Waals surface area contributed by atoms with Crippen molar-refractivity contribution in [1.82, 2.24) is 5.32 Å². The summed E-state index contributed by atoms with van der Waals surface area (Å²) in [7, 11) is 3.18. The van der Waals surface area contributed by atoms with Crippen LogP contribution >= 0.6 is 23.2 Å². The lowest BCUT2D eigenvalue weighted by Crippen LogP contribution is -2.42. The topological polar surface area (TPSA) is 94.1 Å². The van der Waals surface area contributed by atoms with Crippen molar-refractivity contribution in [3.05, 3.63) is 57.6 Å². The van der Waals surface area contributed by atoms with E-state index in [0.29, 0.717) is 24.7 Å². The summed E-state index contributed by atoms with van der Waals surface area (Å²) in [5.41, 5.74) is 3.31. The molecule has 184 valence electrons. The summed E-state index contributed by atoms with van der Waals surface area (Å²) in [5, 5.41) is 12.0. The fraction of sp³-hybridized carbons (Fsp3) is 0.360. The number of rotatable bonds is 12. The number of hydrogen-bond acceptors (Lipinski definition) is 5. The zero-order chi connectivity index (χ0) is 25.3. The Morgan fingerprint density at radius 3 is 2.09 bits per heavy atom. The summed E-state index contributed by atoms with van der Waals surface area (Å²) in [6.45, 7) is 4.58. The highest BCUT2D eigenvalue weighted by molar-refractivity contribution is 6.57. The van der Waals surface area contributed by atoms with Crippen LogP contribution in [-0.4, -0.2) is 43.9 Å². The van der Waals surface area contributed by atoms with Crippen LogP contribution < -0.4 is 14.8 Å². The quantitative estimate of drug-likeness (QED) is 0.304. The number of hydrogen-bond donors (Lipinski definition) is 2. The van der Waals surface area contributed by atoms with Gasteiger partial charge in [0.05, 0.1) is 26.4 Å². The third-order valence-electron chi connectivity index (χ3n) is 5.09. The van der Waals surface area contributed by atoms with Crippen molar-refractivity contribution >= 4 is 35.1 Å². The minimum atomic E-state index is -1.17. The number of halogens is 2. The van der Waals surface area contributed by atoms with Gasteiger partial charge in [-0.3, -0.25) is 4.79 Å². The number of nitrogens with one attached hydrogen (secondary N) is 1. The minimum Gasteiger partial charge on any atom is -0.496 e. The standard InChI is InChI=1S/C25H29Cl2NO6/c1-5-10-34-14-17-12-20(32-3)22(21(13-17)33-4)18-8-6-16(7-9-18)11-19(25(30)31)28-24(29)15(2)23(26)27/h6-9,12-13,19H,5,10-11,14H2,1-4H3,(H,28,29)(H,30,31)/t19-/m0/s1. The second-order valence-electron chi connectivity index (χ2n) is 7.58. The lowest BCUT2D eigenvalue weighted by atomic mass is 9.98. The molecule has 2 aromatic carbocycles. The summed E-state index contributed by atoms with van der Waals surface area (Å²) in [4.78, 5) is 23.8. The highest BCUT2D eigenvalue weighted by atomic mass is 35.5. The Morgan fingerprint density at radius 2 is 1.62 bits per heavy atom. The predicted molar refractivity (Wildman–Crippen MR) is 133 cm³/mol. The molecule has 1 amide bonds. The van der Waals surface area contributed by atoms with Crippen molar-refractivity contribution in [2.45, 2.75) is 39.3 Å². The van der Waals surface area contributed by atoms with Gasteiger partial charge in [-0.05, 0) is 42.2 Å². The molecule has 0 saturated carbocycles. The van der Waals surface area contributed by atoms with Crippen LogP contribution in [-0.2, 0) is 27.4 Å². The number of ether oxygens (including phenoxy) is 3. The Balaban J connectivity index is 2.27. The number of aliphatic carboxylic acids is 1. The smallest absolute Gasteiger partial charge is 0.326 e. The van der Waals surface area contributed by atoms with Crippen LogP contribution in [0.25, 0.3) is 11.1 Å². The highest BCUT2D eigenvalue weighted by Gasteiger charge is 2.22. The van der Waals surface area contributed by atoms with Gasteiger partial charge >= 0.3 is 5.97 Å². The lowest BCUT2D eigenvalue weighted by molar-refractivity contribution is -0.141. The number of carbonyl (C=O) groups is 2. The molecule has 0 aromatic heterocycles. The number of amides is 1. The van der Waals surface area contributed by atoms with Crippen LogP contribution in [0.1, 0.15) is 31.4 Å². The molecular weight excluding hydrogens is 481 g/mol. The molecule has 2 N–H and O–H groups in total. The van der Waals surface area contributed by atoms with Crippen LogP contribution in [0.15, 0.2) is 46.5 Å². The molecule has 0 saturated heterocycles. The van der Waals surface area contributed by atoms with E-state index in [1.54, 1.807) is 26.4 Å². The van der Waals surface area contributed by atoms with Gasteiger partial charge in [0, 0.05) is 18.6 Å². The summed E-state index contributed by atoms with van der Waals surface area (Å²) >= 11 is 11.2. The molecular formula is C25H29Cl2NO6. The number of carboxylic acids is 1. The first-order valence-corrected chi connectivity index (χ1v) is 11.4. The molecule has 9 heteroatoms. The van der Waals surface area contributed by atoms with Gasteiger partial charge in [0.25, 0.3) is 0 Å². The second-order valence-corrected chi connectivity index (χ2v) is 8.53. The predicted octanol–water partition coefficient (Wildman–Crippen LogP) is 5.12. The maximum absolute atomic E-state index is 12.1. The zero-order valence-electron chi connectivity index (χ0n) is 19.6. The fourth-order valence-corrected chi connectivity index (χ4v) is 3.44. The third-order valence-corrected chi connectivity index (χ3v) is 5.66. The molecule has 0 aliphatic carbocycles. The van der Waals surface area contributed by atoms with Crippen molar-refractivity contribution in [3.8, 4) is 22.6 Å². The zero-order valence-corrected chi connectivity index (χ0v) is 21.1. The van der Waals surface area contributed by atoms with Gasteiger partial charge in [-0.15, -0.1) is 0 Å². The van der Waals surface area contributed by atoms with Gasteiger partial charge in [0.1, 0.15) is 22.0 Å². The summed E-state index contributed by atoms with van der Waals surface area (Å²) in [6, 6.07) is 9.98. The molecule has 0 bridgehead atoms. The Bertz CT molecular complexity index is 1010. The van der Waals surface area contributed by atoms with Crippen molar-refractivity contribution < 1.29 is 28.9 Å². The van der Waals surface area contributed by atoms with Gasteiger partial charge in [0.2, 0.25) is 5.91 Å². The lowest BCUT2D eigenvalue weighted by Gasteiger charge is -2.17. The molecule has 2 aromatic rings. The number of carboxylic acid groups (broad SMARTS) is 1. The molecule has 0 spiro atoms. The molecule has 0 heterocycles. The number of methoxy groups -OCH3 is 2. The Kier molecular flexibility index (Phi) is 10.7. The third kappa shape index (κ3) is 7.38. The molecule has 7 nitrogen and oxygen atoms in total.